The van der Waals surface area contributed by atoms with Gasteiger partial charge in [-0.25, -0.2) is 9.97 Å². The molecule has 1 aliphatic rings. The number of aromatic nitrogens is 2. The summed E-state index contributed by atoms with van der Waals surface area (Å²) >= 11 is 0. The molecule has 15 heavy (non-hydrogen) atoms. The first kappa shape index (κ1) is 10.5. The van der Waals surface area contributed by atoms with E-state index in [-0.39, 0.29) is 12.1 Å². The van der Waals surface area contributed by atoms with Crippen LogP contribution in [0.3, 0.4) is 0 Å². The van der Waals surface area contributed by atoms with Crippen LogP contribution in [-0.4, -0.2) is 22.6 Å². The van der Waals surface area contributed by atoms with Crippen molar-refractivity contribution < 1.29 is 4.74 Å². The molecule has 2 unspecified atom stereocenters. The minimum absolute atomic E-state index is 0.106. The number of ether oxygens (including phenoxy) is 1. The Morgan fingerprint density at radius 1 is 1.53 bits per heavy atom. The highest BCUT2D eigenvalue weighted by atomic mass is 16.5. The van der Waals surface area contributed by atoms with Gasteiger partial charge in [0.1, 0.15) is 6.10 Å². The van der Waals surface area contributed by atoms with E-state index in [0.717, 1.165) is 37.3 Å². The maximum atomic E-state index is 5.70. The molecule has 2 N–H and O–H groups in total. The van der Waals surface area contributed by atoms with Crippen LogP contribution in [0.15, 0.2) is 12.4 Å². The predicted molar refractivity (Wildman–Crippen MR) is 57.3 cm³/mol. The van der Waals surface area contributed by atoms with Gasteiger partial charge in [-0.2, -0.15) is 0 Å². The lowest BCUT2D eigenvalue weighted by atomic mass is 10.1. The molecular formula is C11H17N3O. The van der Waals surface area contributed by atoms with Crippen LogP contribution in [0.1, 0.15) is 37.3 Å². The molecule has 2 rings (SSSR count). The third-order valence-electron chi connectivity index (χ3n) is 2.50. The average Bonchev–Trinajstić information content (AvgIpc) is 2.71. The van der Waals surface area contributed by atoms with E-state index in [9.17, 15) is 0 Å². The fourth-order valence-electron chi connectivity index (χ4n) is 1.79. The molecule has 0 radical (unpaired) electrons. The van der Waals surface area contributed by atoms with Crippen LogP contribution in [-0.2, 0) is 11.2 Å². The summed E-state index contributed by atoms with van der Waals surface area (Å²) in [6.45, 7) is 2.81. The second-order valence-corrected chi connectivity index (χ2v) is 4.13. The number of hydrogen-bond acceptors (Lipinski definition) is 4. The van der Waals surface area contributed by atoms with Crippen LogP contribution in [0.4, 0.5) is 0 Å². The molecule has 1 aromatic rings. The van der Waals surface area contributed by atoms with Crippen molar-refractivity contribution in [2.75, 3.05) is 6.61 Å². The third-order valence-corrected chi connectivity index (χ3v) is 2.50. The molecule has 1 saturated heterocycles. The molecule has 4 nitrogen and oxygen atoms in total. The van der Waals surface area contributed by atoms with Crippen LogP contribution in [0.5, 0.6) is 0 Å². The molecule has 2 atom stereocenters. The zero-order chi connectivity index (χ0) is 10.7. The fraction of sp³-hybridized carbons (Fsp3) is 0.636. The van der Waals surface area contributed by atoms with E-state index < -0.39 is 0 Å². The highest BCUT2D eigenvalue weighted by Crippen LogP contribution is 2.25. The van der Waals surface area contributed by atoms with Gasteiger partial charge in [-0.15, -0.1) is 0 Å². The normalized spacial score (nSPS) is 22.9. The molecule has 0 amide bonds. The van der Waals surface area contributed by atoms with Gasteiger partial charge < -0.3 is 10.5 Å². The molecule has 0 aromatic carbocycles. The van der Waals surface area contributed by atoms with E-state index in [1.807, 2.05) is 19.3 Å². The second-order valence-electron chi connectivity index (χ2n) is 4.13. The monoisotopic (exact) mass is 207 g/mol. The number of rotatable bonds is 3. The maximum absolute atomic E-state index is 5.70. The van der Waals surface area contributed by atoms with Crippen molar-refractivity contribution in [3.63, 3.8) is 0 Å². The van der Waals surface area contributed by atoms with Crippen molar-refractivity contribution in [3.8, 4) is 0 Å². The summed E-state index contributed by atoms with van der Waals surface area (Å²) in [4.78, 5) is 8.64. The van der Waals surface area contributed by atoms with Crippen LogP contribution in [0.25, 0.3) is 0 Å². The first-order valence-electron chi connectivity index (χ1n) is 5.43. The molecule has 4 heteroatoms. The van der Waals surface area contributed by atoms with Gasteiger partial charge in [0.25, 0.3) is 0 Å². The molecule has 0 bridgehead atoms. The van der Waals surface area contributed by atoms with Crippen molar-refractivity contribution in [1.82, 2.24) is 9.97 Å². The average molecular weight is 207 g/mol. The van der Waals surface area contributed by atoms with Gasteiger partial charge in [0.15, 0.2) is 5.82 Å². The van der Waals surface area contributed by atoms with Crippen LogP contribution >= 0.6 is 0 Å². The Kier molecular flexibility index (Phi) is 3.28. The Morgan fingerprint density at radius 2 is 2.27 bits per heavy atom. The largest absolute Gasteiger partial charge is 0.370 e. The molecule has 82 valence electrons. The van der Waals surface area contributed by atoms with Gasteiger partial charge in [0.05, 0.1) is 0 Å². The van der Waals surface area contributed by atoms with E-state index in [1.54, 1.807) is 0 Å². The lowest BCUT2D eigenvalue weighted by Gasteiger charge is -2.09. The first-order chi connectivity index (χ1) is 7.25. The summed E-state index contributed by atoms with van der Waals surface area (Å²) in [5.41, 5.74) is 6.79. The summed E-state index contributed by atoms with van der Waals surface area (Å²) < 4.78 is 5.51. The van der Waals surface area contributed by atoms with Crippen molar-refractivity contribution in [1.29, 1.82) is 0 Å². The Balaban J connectivity index is 2.03. The van der Waals surface area contributed by atoms with E-state index in [4.69, 9.17) is 10.5 Å². The van der Waals surface area contributed by atoms with Gasteiger partial charge in [-0.3, -0.25) is 0 Å². The molecule has 2 heterocycles. The summed E-state index contributed by atoms with van der Waals surface area (Å²) in [6, 6.07) is 0.155. The molecule has 0 saturated carbocycles. The Hall–Kier alpha value is -1.00. The van der Waals surface area contributed by atoms with E-state index in [0.29, 0.717) is 0 Å². The van der Waals surface area contributed by atoms with Gasteiger partial charge in [0.2, 0.25) is 0 Å². The zero-order valence-electron chi connectivity index (χ0n) is 9.02. The third kappa shape index (κ3) is 2.73. The fourth-order valence-corrected chi connectivity index (χ4v) is 1.79. The van der Waals surface area contributed by atoms with E-state index in [2.05, 4.69) is 9.97 Å². The van der Waals surface area contributed by atoms with E-state index in [1.165, 1.54) is 0 Å². The summed E-state index contributed by atoms with van der Waals surface area (Å²) in [7, 11) is 0. The summed E-state index contributed by atoms with van der Waals surface area (Å²) in [6.07, 6.45) is 6.78. The highest BCUT2D eigenvalue weighted by molar-refractivity contribution is 5.08. The topological polar surface area (TPSA) is 61.0 Å². The number of hydrogen-bond donors (Lipinski definition) is 1. The number of nitrogens with zero attached hydrogens (tertiary/aromatic N) is 2. The Labute approximate surface area is 89.9 Å². The molecule has 1 aromatic heterocycles. The van der Waals surface area contributed by atoms with Crippen molar-refractivity contribution in [2.24, 2.45) is 5.73 Å². The minimum atomic E-state index is 0.106. The van der Waals surface area contributed by atoms with Crippen molar-refractivity contribution in [3.05, 3.63) is 23.8 Å². The van der Waals surface area contributed by atoms with Crippen molar-refractivity contribution in [2.45, 2.75) is 38.3 Å². The molecule has 1 aliphatic heterocycles. The minimum Gasteiger partial charge on any atom is -0.370 e. The zero-order valence-corrected chi connectivity index (χ0v) is 9.02. The van der Waals surface area contributed by atoms with Crippen LogP contribution < -0.4 is 5.73 Å². The molecule has 1 fully saturated rings. The SMILES string of the molecule is CC(N)Cc1cnc(C2CCCO2)nc1. The summed E-state index contributed by atoms with van der Waals surface area (Å²) in [5.74, 6) is 0.806. The van der Waals surface area contributed by atoms with Gasteiger partial charge in [0, 0.05) is 25.0 Å². The van der Waals surface area contributed by atoms with Crippen molar-refractivity contribution >= 4 is 0 Å². The van der Waals surface area contributed by atoms with Gasteiger partial charge >= 0.3 is 0 Å². The van der Waals surface area contributed by atoms with E-state index >= 15 is 0 Å². The Bertz CT molecular complexity index is 304. The standard InChI is InChI=1S/C11H17N3O/c1-8(12)5-9-6-13-11(14-7-9)10-3-2-4-15-10/h6-8,10H,2-5,12H2,1H3. The smallest absolute Gasteiger partial charge is 0.157 e. The van der Waals surface area contributed by atoms with Crippen LogP contribution in [0, 0.1) is 0 Å². The molecule has 0 aliphatic carbocycles. The predicted octanol–water partition coefficient (Wildman–Crippen LogP) is 1.22. The summed E-state index contributed by atoms with van der Waals surface area (Å²) in [5, 5.41) is 0. The number of nitrogens with two attached hydrogens (primary N) is 1. The van der Waals surface area contributed by atoms with Crippen LogP contribution in [0.2, 0.25) is 0 Å². The highest BCUT2D eigenvalue weighted by Gasteiger charge is 2.19. The first-order valence-corrected chi connectivity index (χ1v) is 5.43. The van der Waals surface area contributed by atoms with Gasteiger partial charge in [-0.1, -0.05) is 0 Å². The lowest BCUT2D eigenvalue weighted by molar-refractivity contribution is 0.105. The maximum Gasteiger partial charge on any atom is 0.157 e. The molecule has 0 spiro atoms. The molecular weight excluding hydrogens is 190 g/mol. The second kappa shape index (κ2) is 4.68. The Morgan fingerprint density at radius 3 is 2.80 bits per heavy atom. The van der Waals surface area contributed by atoms with Gasteiger partial charge in [-0.05, 0) is 31.7 Å². The lowest BCUT2D eigenvalue weighted by Crippen LogP contribution is -2.18. The quantitative estimate of drug-likeness (QED) is 0.809.